The lowest BCUT2D eigenvalue weighted by molar-refractivity contribution is -0.267. The Kier molecular flexibility index (Phi) is 1.70. The lowest BCUT2D eigenvalue weighted by Crippen LogP contribution is -2.52. The third-order valence-electron chi connectivity index (χ3n) is 4.63. The minimum atomic E-state index is -3.97. The lowest BCUT2D eigenvalue weighted by atomic mass is 9.50. The minimum Gasteiger partial charge on any atom is -0.171 e. The average molecular weight is 206 g/mol. The molecule has 3 rings (SSSR count). The molecule has 0 aromatic carbocycles. The van der Waals surface area contributed by atoms with E-state index < -0.39 is 11.6 Å². The molecule has 3 heteroatoms. The monoisotopic (exact) mass is 206 g/mol. The van der Waals surface area contributed by atoms with E-state index in [1.165, 1.54) is 0 Å². The Balaban J connectivity index is 2.20. The van der Waals surface area contributed by atoms with Crippen molar-refractivity contribution in [2.45, 2.75) is 52.6 Å². The molecule has 3 fully saturated rings. The molecule has 0 unspecified atom stereocenters. The van der Waals surface area contributed by atoms with E-state index >= 15 is 0 Å². The topological polar surface area (TPSA) is 0 Å². The summed E-state index contributed by atoms with van der Waals surface area (Å²) in [5, 5.41) is 0. The summed E-state index contributed by atoms with van der Waals surface area (Å²) in [6, 6.07) is 0. The van der Waals surface area contributed by atoms with Crippen LogP contribution in [-0.2, 0) is 0 Å². The molecule has 82 valence electrons. The number of rotatable bonds is 0. The quantitative estimate of drug-likeness (QED) is 0.558. The molecule has 0 aromatic heterocycles. The van der Waals surface area contributed by atoms with Gasteiger partial charge < -0.3 is 0 Å². The first kappa shape index (κ1) is 10.3. The number of alkyl halides is 3. The van der Waals surface area contributed by atoms with E-state index in [1.807, 2.05) is 0 Å². The molecule has 0 heterocycles. The van der Waals surface area contributed by atoms with E-state index in [2.05, 4.69) is 20.8 Å². The molecule has 3 aliphatic carbocycles. The van der Waals surface area contributed by atoms with Gasteiger partial charge >= 0.3 is 6.18 Å². The SMILES string of the molecule is CC(C)(C)C12CCC(C(F)(F)F)(C1)C2. The number of fused-ring (bicyclic) bond motifs is 1. The van der Waals surface area contributed by atoms with Gasteiger partial charge in [0.25, 0.3) is 0 Å². The second-order valence-corrected chi connectivity index (χ2v) is 6.16. The third-order valence-corrected chi connectivity index (χ3v) is 4.63. The van der Waals surface area contributed by atoms with Crippen molar-refractivity contribution in [3.05, 3.63) is 0 Å². The molecule has 0 aliphatic heterocycles. The highest BCUT2D eigenvalue weighted by Gasteiger charge is 2.74. The Bertz CT molecular complexity index is 225. The zero-order chi connectivity index (χ0) is 10.8. The van der Waals surface area contributed by atoms with Crippen LogP contribution in [0.3, 0.4) is 0 Å². The Morgan fingerprint density at radius 1 is 0.857 bits per heavy atom. The fraction of sp³-hybridized carbons (Fsp3) is 1.00. The summed E-state index contributed by atoms with van der Waals surface area (Å²) in [6.07, 6.45) is -2.12. The van der Waals surface area contributed by atoms with Crippen molar-refractivity contribution >= 4 is 0 Å². The highest BCUT2D eigenvalue weighted by atomic mass is 19.4. The van der Waals surface area contributed by atoms with Gasteiger partial charge in [0, 0.05) is 0 Å². The highest BCUT2D eigenvalue weighted by Crippen LogP contribution is 2.77. The van der Waals surface area contributed by atoms with Crippen LogP contribution in [-0.4, -0.2) is 6.18 Å². The fourth-order valence-corrected chi connectivity index (χ4v) is 3.32. The van der Waals surface area contributed by atoms with Gasteiger partial charge in [0.15, 0.2) is 0 Å². The molecule has 0 saturated heterocycles. The van der Waals surface area contributed by atoms with Crippen LogP contribution in [0.5, 0.6) is 0 Å². The molecule has 3 saturated carbocycles. The van der Waals surface area contributed by atoms with Crippen LogP contribution in [0.2, 0.25) is 0 Å². The van der Waals surface area contributed by atoms with Crippen molar-refractivity contribution in [1.82, 2.24) is 0 Å². The van der Waals surface area contributed by atoms with Crippen molar-refractivity contribution in [2.75, 3.05) is 0 Å². The predicted octanol–water partition coefficient (Wildman–Crippen LogP) is 4.16. The molecule has 0 radical (unpaired) electrons. The van der Waals surface area contributed by atoms with E-state index in [-0.39, 0.29) is 10.8 Å². The van der Waals surface area contributed by atoms with Crippen LogP contribution in [0, 0.1) is 16.2 Å². The van der Waals surface area contributed by atoms with Crippen LogP contribution >= 0.6 is 0 Å². The minimum absolute atomic E-state index is 0.0253. The molecule has 14 heavy (non-hydrogen) atoms. The van der Waals surface area contributed by atoms with E-state index in [1.54, 1.807) is 0 Å². The summed E-state index contributed by atoms with van der Waals surface area (Å²) in [5.74, 6) is 0. The zero-order valence-electron chi connectivity index (χ0n) is 8.96. The maximum Gasteiger partial charge on any atom is 0.394 e. The Morgan fingerprint density at radius 3 is 1.50 bits per heavy atom. The first-order chi connectivity index (χ1) is 6.12. The summed E-state index contributed by atoms with van der Waals surface area (Å²) >= 11 is 0. The van der Waals surface area contributed by atoms with Crippen LogP contribution < -0.4 is 0 Å². The molecule has 0 amide bonds. The van der Waals surface area contributed by atoms with Gasteiger partial charge in [-0.15, -0.1) is 0 Å². The Labute approximate surface area is 82.9 Å². The summed E-state index contributed by atoms with van der Waals surface area (Å²) in [7, 11) is 0. The number of hydrogen-bond acceptors (Lipinski definition) is 0. The van der Waals surface area contributed by atoms with Crippen molar-refractivity contribution in [1.29, 1.82) is 0 Å². The van der Waals surface area contributed by atoms with Gasteiger partial charge in [-0.25, -0.2) is 0 Å². The summed E-state index contributed by atoms with van der Waals surface area (Å²) < 4.78 is 38.2. The van der Waals surface area contributed by atoms with Crippen LogP contribution in [0.4, 0.5) is 13.2 Å². The van der Waals surface area contributed by atoms with Gasteiger partial charge in [0.05, 0.1) is 5.41 Å². The largest absolute Gasteiger partial charge is 0.394 e. The number of hydrogen-bond donors (Lipinski definition) is 0. The number of halogens is 3. The molecule has 0 nitrogen and oxygen atoms in total. The van der Waals surface area contributed by atoms with Crippen molar-refractivity contribution < 1.29 is 13.2 Å². The maximum absolute atomic E-state index is 12.7. The summed E-state index contributed by atoms with van der Waals surface area (Å²) in [5.41, 5.74) is -1.30. The lowest BCUT2D eigenvalue weighted by Gasteiger charge is -2.55. The van der Waals surface area contributed by atoms with E-state index in [0.29, 0.717) is 19.3 Å². The van der Waals surface area contributed by atoms with Crippen LogP contribution in [0.15, 0.2) is 0 Å². The molecule has 0 spiro atoms. The Morgan fingerprint density at radius 2 is 1.29 bits per heavy atom. The maximum atomic E-state index is 12.7. The molecular formula is C11H17F3. The van der Waals surface area contributed by atoms with Gasteiger partial charge in [0.2, 0.25) is 0 Å². The van der Waals surface area contributed by atoms with Crippen LogP contribution in [0.1, 0.15) is 46.5 Å². The fourth-order valence-electron chi connectivity index (χ4n) is 3.32. The smallest absolute Gasteiger partial charge is 0.171 e. The van der Waals surface area contributed by atoms with Gasteiger partial charge in [-0.2, -0.15) is 13.2 Å². The molecule has 0 aromatic rings. The molecule has 2 bridgehead atoms. The third kappa shape index (κ3) is 1.01. The predicted molar refractivity (Wildman–Crippen MR) is 48.8 cm³/mol. The van der Waals surface area contributed by atoms with Crippen molar-refractivity contribution in [3.63, 3.8) is 0 Å². The summed E-state index contributed by atoms with van der Waals surface area (Å²) in [6.45, 7) is 6.20. The van der Waals surface area contributed by atoms with E-state index in [4.69, 9.17) is 0 Å². The second-order valence-electron chi connectivity index (χ2n) is 6.16. The van der Waals surface area contributed by atoms with Crippen molar-refractivity contribution in [3.8, 4) is 0 Å². The second kappa shape index (κ2) is 2.30. The normalized spacial score (nSPS) is 42.4. The van der Waals surface area contributed by atoms with Gasteiger partial charge in [-0.3, -0.25) is 0 Å². The molecule has 0 atom stereocenters. The van der Waals surface area contributed by atoms with Gasteiger partial charge in [-0.05, 0) is 36.5 Å². The first-order valence-corrected chi connectivity index (χ1v) is 5.19. The molecular weight excluding hydrogens is 189 g/mol. The van der Waals surface area contributed by atoms with Gasteiger partial charge in [0.1, 0.15) is 0 Å². The average Bonchev–Trinajstić information content (AvgIpc) is 2.31. The molecule has 3 aliphatic rings. The van der Waals surface area contributed by atoms with Crippen molar-refractivity contribution in [2.24, 2.45) is 16.2 Å². The first-order valence-electron chi connectivity index (χ1n) is 5.19. The van der Waals surface area contributed by atoms with Gasteiger partial charge in [-0.1, -0.05) is 20.8 Å². The Hall–Kier alpha value is -0.210. The molecule has 0 N–H and O–H groups in total. The zero-order valence-corrected chi connectivity index (χ0v) is 8.96. The van der Waals surface area contributed by atoms with E-state index in [0.717, 1.165) is 6.42 Å². The summed E-state index contributed by atoms with van der Waals surface area (Å²) in [4.78, 5) is 0. The van der Waals surface area contributed by atoms with Crippen LogP contribution in [0.25, 0.3) is 0 Å². The standard InChI is InChI=1S/C11H17F3/c1-8(2,3)9-4-5-10(6-9,7-9)11(12,13)14/h4-7H2,1-3H3. The highest BCUT2D eigenvalue weighted by molar-refractivity contribution is 5.16. The van der Waals surface area contributed by atoms with E-state index in [9.17, 15) is 13.2 Å².